The van der Waals surface area contributed by atoms with Crippen LogP contribution in [0.4, 0.5) is 5.69 Å². The van der Waals surface area contributed by atoms with Crippen molar-refractivity contribution in [3.8, 4) is 11.5 Å². The summed E-state index contributed by atoms with van der Waals surface area (Å²) in [5, 5.41) is 21.3. The van der Waals surface area contributed by atoms with E-state index in [1.54, 1.807) is 54.6 Å². The van der Waals surface area contributed by atoms with Crippen molar-refractivity contribution < 1.29 is 24.5 Å². The summed E-state index contributed by atoms with van der Waals surface area (Å²) in [6.07, 6.45) is 1.68. The van der Waals surface area contributed by atoms with E-state index in [1.807, 2.05) is 6.07 Å². The van der Waals surface area contributed by atoms with Gasteiger partial charge >= 0.3 is 0 Å². The van der Waals surface area contributed by atoms with Gasteiger partial charge in [0, 0.05) is 11.3 Å². The largest absolute Gasteiger partial charge is 0.508 e. The molecule has 2 heterocycles. The molecule has 0 spiro atoms. The number of phenolic OH excluding ortho intramolecular Hbond substituents is 1. The second-order valence-electron chi connectivity index (χ2n) is 7.87. The van der Waals surface area contributed by atoms with Crippen LogP contribution < -0.4 is 9.64 Å². The number of aliphatic hydroxyl groups is 1. The number of nitrogens with zero attached hydrogens (tertiary/aromatic N) is 1. The Bertz CT molecular complexity index is 1250. The van der Waals surface area contributed by atoms with Gasteiger partial charge in [-0.25, -0.2) is 0 Å². The Morgan fingerprint density at radius 3 is 2.56 bits per heavy atom. The highest BCUT2D eigenvalue weighted by Crippen LogP contribution is 2.43. The van der Waals surface area contributed by atoms with E-state index >= 15 is 0 Å². The molecule has 5 rings (SSSR count). The van der Waals surface area contributed by atoms with Gasteiger partial charge in [0.2, 0.25) is 0 Å². The maximum Gasteiger partial charge on any atom is 0.300 e. The van der Waals surface area contributed by atoms with Crippen molar-refractivity contribution in [2.75, 3.05) is 11.5 Å². The molecule has 3 aromatic rings. The number of aliphatic hydroxyl groups excluding tert-OH is 1. The summed E-state index contributed by atoms with van der Waals surface area (Å²) in [6.45, 7) is 0.651. The van der Waals surface area contributed by atoms with Crippen molar-refractivity contribution >= 4 is 23.1 Å². The summed E-state index contributed by atoms with van der Waals surface area (Å²) in [4.78, 5) is 27.6. The second kappa shape index (κ2) is 7.89. The minimum Gasteiger partial charge on any atom is -0.508 e. The van der Waals surface area contributed by atoms with E-state index in [4.69, 9.17) is 4.74 Å². The molecule has 6 nitrogen and oxygen atoms in total. The Balaban J connectivity index is 1.70. The van der Waals surface area contributed by atoms with Crippen LogP contribution in [0, 0.1) is 0 Å². The summed E-state index contributed by atoms with van der Waals surface area (Å²) >= 11 is 0. The van der Waals surface area contributed by atoms with Gasteiger partial charge in [-0.2, -0.15) is 0 Å². The van der Waals surface area contributed by atoms with Gasteiger partial charge in [0.25, 0.3) is 11.7 Å². The van der Waals surface area contributed by atoms with E-state index in [0.29, 0.717) is 23.4 Å². The number of ketones is 1. The van der Waals surface area contributed by atoms with Crippen LogP contribution >= 0.6 is 0 Å². The van der Waals surface area contributed by atoms with Crippen molar-refractivity contribution in [2.45, 2.75) is 18.9 Å². The van der Waals surface area contributed by atoms with E-state index in [2.05, 4.69) is 0 Å². The number of aryl methyl sites for hydroxylation is 1. The number of Topliss-reactive ketones (excluding diaryl/α,β-unsaturated/α-hetero) is 1. The molecule has 0 radical (unpaired) electrons. The molecule has 1 amide bonds. The maximum absolute atomic E-state index is 13.2. The number of carbonyl (C=O) groups excluding carboxylic acids is 2. The fourth-order valence-electron chi connectivity index (χ4n) is 4.36. The number of hydrogen-bond donors (Lipinski definition) is 2. The Hall–Kier alpha value is -4.06. The van der Waals surface area contributed by atoms with Crippen LogP contribution in [0.15, 0.2) is 78.4 Å². The minimum atomic E-state index is -0.878. The highest BCUT2D eigenvalue weighted by molar-refractivity contribution is 6.51. The molecule has 2 aliphatic heterocycles. The Labute approximate surface area is 185 Å². The smallest absolute Gasteiger partial charge is 0.300 e. The van der Waals surface area contributed by atoms with Gasteiger partial charge in [-0.1, -0.05) is 30.3 Å². The third-order valence-electron chi connectivity index (χ3n) is 5.85. The zero-order valence-corrected chi connectivity index (χ0v) is 17.2. The zero-order valence-electron chi connectivity index (χ0n) is 17.2. The number of hydrogen-bond acceptors (Lipinski definition) is 5. The van der Waals surface area contributed by atoms with Crippen molar-refractivity contribution in [1.29, 1.82) is 0 Å². The average molecular weight is 427 g/mol. The monoisotopic (exact) mass is 427 g/mol. The van der Waals surface area contributed by atoms with E-state index in [-0.39, 0.29) is 17.1 Å². The maximum atomic E-state index is 13.2. The predicted octanol–water partition coefficient (Wildman–Crippen LogP) is 4.34. The van der Waals surface area contributed by atoms with Gasteiger partial charge in [-0.15, -0.1) is 0 Å². The summed E-state index contributed by atoms with van der Waals surface area (Å²) < 4.78 is 5.65. The van der Waals surface area contributed by atoms with Crippen LogP contribution in [0.1, 0.15) is 29.2 Å². The number of ether oxygens (including phenoxy) is 1. The highest BCUT2D eigenvalue weighted by Gasteiger charge is 2.47. The highest BCUT2D eigenvalue weighted by atomic mass is 16.5. The first kappa shape index (κ1) is 19.9. The molecular weight excluding hydrogens is 406 g/mol. The molecule has 0 bridgehead atoms. The predicted molar refractivity (Wildman–Crippen MR) is 120 cm³/mol. The van der Waals surface area contributed by atoms with E-state index in [1.165, 1.54) is 17.0 Å². The van der Waals surface area contributed by atoms with Gasteiger partial charge < -0.3 is 14.9 Å². The van der Waals surface area contributed by atoms with E-state index < -0.39 is 17.7 Å². The van der Waals surface area contributed by atoms with Crippen molar-refractivity contribution in [1.82, 2.24) is 0 Å². The zero-order chi connectivity index (χ0) is 22.2. The van der Waals surface area contributed by atoms with E-state index in [9.17, 15) is 19.8 Å². The summed E-state index contributed by atoms with van der Waals surface area (Å²) in [6, 6.07) is 19.6. The number of aromatic hydroxyl groups is 1. The van der Waals surface area contributed by atoms with Crippen LogP contribution in [0.25, 0.3) is 5.76 Å². The lowest BCUT2D eigenvalue weighted by Gasteiger charge is -2.25. The Morgan fingerprint density at radius 1 is 0.969 bits per heavy atom. The summed E-state index contributed by atoms with van der Waals surface area (Å²) in [5.74, 6) is -0.973. The van der Waals surface area contributed by atoms with Gasteiger partial charge in [0.1, 0.15) is 17.3 Å². The van der Waals surface area contributed by atoms with E-state index in [0.717, 1.165) is 24.2 Å². The number of phenols is 1. The molecule has 2 aliphatic rings. The number of rotatable bonds is 3. The lowest BCUT2D eigenvalue weighted by atomic mass is 9.93. The first-order chi connectivity index (χ1) is 15.5. The molecule has 3 aromatic carbocycles. The topological polar surface area (TPSA) is 87.1 Å². The number of para-hydroxylation sites is 1. The minimum absolute atomic E-state index is 0.00655. The molecule has 160 valence electrons. The van der Waals surface area contributed by atoms with Crippen LogP contribution in [-0.4, -0.2) is 28.5 Å². The van der Waals surface area contributed by atoms with Gasteiger partial charge in [0.15, 0.2) is 0 Å². The number of benzene rings is 3. The SMILES string of the molecule is O=C1C(=O)N(c2ccccc2)C(c2cccc(O)c2)/C1=C(/O)c1ccc2c(c1)CCCO2. The molecule has 0 saturated carbocycles. The third kappa shape index (κ3) is 3.30. The number of fused-ring (bicyclic) bond motifs is 1. The fraction of sp³-hybridized carbons (Fsp3) is 0.154. The van der Waals surface area contributed by atoms with Gasteiger partial charge in [-0.05, 0) is 66.4 Å². The van der Waals surface area contributed by atoms with Crippen LogP contribution in [0.5, 0.6) is 11.5 Å². The molecule has 1 saturated heterocycles. The molecule has 32 heavy (non-hydrogen) atoms. The van der Waals surface area contributed by atoms with Crippen molar-refractivity contribution in [3.63, 3.8) is 0 Å². The van der Waals surface area contributed by atoms with Crippen molar-refractivity contribution in [2.24, 2.45) is 0 Å². The second-order valence-corrected chi connectivity index (χ2v) is 7.87. The Morgan fingerprint density at radius 2 is 1.78 bits per heavy atom. The number of carbonyl (C=O) groups is 2. The van der Waals surface area contributed by atoms with Crippen LogP contribution in [0.3, 0.4) is 0 Å². The van der Waals surface area contributed by atoms with Gasteiger partial charge in [-0.3, -0.25) is 14.5 Å². The quantitative estimate of drug-likeness (QED) is 0.369. The van der Waals surface area contributed by atoms with Gasteiger partial charge in [0.05, 0.1) is 18.2 Å². The normalized spacial score (nSPS) is 19.5. The molecule has 1 fully saturated rings. The molecule has 0 aromatic heterocycles. The lowest BCUT2D eigenvalue weighted by molar-refractivity contribution is -0.132. The van der Waals surface area contributed by atoms with Crippen LogP contribution in [-0.2, 0) is 16.0 Å². The first-order valence-electron chi connectivity index (χ1n) is 10.5. The summed E-state index contributed by atoms with van der Waals surface area (Å²) in [5.41, 5.74) is 2.44. The molecular formula is C26H21NO5. The molecule has 2 N–H and O–H groups in total. The van der Waals surface area contributed by atoms with Crippen molar-refractivity contribution in [3.05, 3.63) is 95.1 Å². The molecule has 6 heteroatoms. The lowest BCUT2D eigenvalue weighted by Crippen LogP contribution is -2.29. The average Bonchev–Trinajstić information content (AvgIpc) is 3.09. The Kier molecular flexibility index (Phi) is 4.90. The standard InChI is InChI=1S/C26H21NO5/c28-20-10-4-6-17(15-20)23-22(25(30)26(31)27(23)19-8-2-1-3-9-19)24(29)18-11-12-21-16(14-18)7-5-13-32-21/h1-4,6,8-12,14-15,23,28-29H,5,7,13H2/b24-22-. The molecule has 1 unspecified atom stereocenters. The third-order valence-corrected chi connectivity index (χ3v) is 5.85. The number of amides is 1. The summed E-state index contributed by atoms with van der Waals surface area (Å²) in [7, 11) is 0. The number of anilines is 1. The fourth-order valence-corrected chi connectivity index (χ4v) is 4.36. The molecule has 0 aliphatic carbocycles. The first-order valence-corrected chi connectivity index (χ1v) is 10.5. The van der Waals surface area contributed by atoms with Crippen LogP contribution in [0.2, 0.25) is 0 Å². The molecule has 1 atom stereocenters.